The zero-order valence-electron chi connectivity index (χ0n) is 13.5. The zero-order chi connectivity index (χ0) is 17.2. The van der Waals surface area contributed by atoms with Crippen molar-refractivity contribution in [1.82, 2.24) is 24.9 Å². The van der Waals surface area contributed by atoms with Crippen molar-refractivity contribution < 1.29 is 9.32 Å². The standard InChI is InChI=1S/C15H16N6O2S2/c1-9-16-14(23-20-9)17-13(22)8-25-15-19-18-12(21(15)10-4-5-10)7-11-3-2-6-24-11/h2-3,6,10H,4-5,7-8H2,1H3,(H,16,17,20,22). The van der Waals surface area contributed by atoms with Crippen LogP contribution in [0.4, 0.5) is 6.01 Å². The topological polar surface area (TPSA) is 98.7 Å². The van der Waals surface area contributed by atoms with E-state index in [0.29, 0.717) is 11.9 Å². The summed E-state index contributed by atoms with van der Waals surface area (Å²) in [6, 6.07) is 4.71. The van der Waals surface area contributed by atoms with Crippen molar-refractivity contribution in [2.75, 3.05) is 11.1 Å². The third-order valence-electron chi connectivity index (χ3n) is 3.67. The van der Waals surface area contributed by atoms with E-state index < -0.39 is 0 Å². The third kappa shape index (κ3) is 3.90. The summed E-state index contributed by atoms with van der Waals surface area (Å²) in [7, 11) is 0. The van der Waals surface area contributed by atoms with Gasteiger partial charge in [-0.05, 0) is 31.2 Å². The minimum Gasteiger partial charge on any atom is -0.315 e. The van der Waals surface area contributed by atoms with E-state index in [0.717, 1.165) is 30.2 Å². The lowest BCUT2D eigenvalue weighted by Gasteiger charge is -2.07. The maximum absolute atomic E-state index is 12.0. The maximum atomic E-state index is 12.0. The molecule has 130 valence electrons. The van der Waals surface area contributed by atoms with Crippen LogP contribution in [0, 0.1) is 6.92 Å². The summed E-state index contributed by atoms with van der Waals surface area (Å²) in [5.41, 5.74) is 0. The monoisotopic (exact) mass is 376 g/mol. The number of aryl methyl sites for hydroxylation is 1. The first-order valence-corrected chi connectivity index (χ1v) is 9.74. The van der Waals surface area contributed by atoms with Crippen LogP contribution in [0.3, 0.4) is 0 Å². The number of anilines is 1. The van der Waals surface area contributed by atoms with Crippen molar-refractivity contribution >= 4 is 35.0 Å². The molecule has 1 saturated carbocycles. The van der Waals surface area contributed by atoms with Crippen LogP contribution in [-0.2, 0) is 11.2 Å². The summed E-state index contributed by atoms with van der Waals surface area (Å²) >= 11 is 3.09. The Bertz CT molecular complexity index is 869. The molecule has 0 spiro atoms. The molecule has 1 amide bonds. The molecule has 1 aliphatic rings. The zero-order valence-corrected chi connectivity index (χ0v) is 15.1. The highest BCUT2D eigenvalue weighted by molar-refractivity contribution is 7.99. The van der Waals surface area contributed by atoms with Crippen LogP contribution in [-0.4, -0.2) is 36.6 Å². The van der Waals surface area contributed by atoms with Crippen LogP contribution in [0.25, 0.3) is 0 Å². The molecular weight excluding hydrogens is 360 g/mol. The molecule has 3 aromatic rings. The maximum Gasteiger partial charge on any atom is 0.328 e. The second-order valence-electron chi connectivity index (χ2n) is 5.74. The molecule has 1 fully saturated rings. The molecular formula is C15H16N6O2S2. The fraction of sp³-hybridized carbons (Fsp3) is 0.400. The Morgan fingerprint density at radius 1 is 1.48 bits per heavy atom. The fourth-order valence-corrected chi connectivity index (χ4v) is 3.95. The molecule has 0 saturated heterocycles. The van der Waals surface area contributed by atoms with Crippen molar-refractivity contribution in [2.24, 2.45) is 0 Å². The Labute approximate surface area is 152 Å². The van der Waals surface area contributed by atoms with Gasteiger partial charge in [0.25, 0.3) is 0 Å². The van der Waals surface area contributed by atoms with Gasteiger partial charge in [-0.2, -0.15) is 4.98 Å². The van der Waals surface area contributed by atoms with E-state index in [4.69, 9.17) is 4.52 Å². The van der Waals surface area contributed by atoms with Crippen molar-refractivity contribution in [3.63, 3.8) is 0 Å². The Morgan fingerprint density at radius 3 is 3.04 bits per heavy atom. The number of carbonyl (C=O) groups is 1. The second kappa shape index (κ2) is 6.96. The predicted octanol–water partition coefficient (Wildman–Crippen LogP) is 2.69. The smallest absolute Gasteiger partial charge is 0.315 e. The highest BCUT2D eigenvalue weighted by atomic mass is 32.2. The first-order valence-electron chi connectivity index (χ1n) is 7.88. The van der Waals surface area contributed by atoms with Crippen molar-refractivity contribution in [2.45, 2.75) is 37.4 Å². The molecule has 8 nitrogen and oxygen atoms in total. The first-order chi connectivity index (χ1) is 12.2. The van der Waals surface area contributed by atoms with Crippen LogP contribution < -0.4 is 5.32 Å². The Morgan fingerprint density at radius 2 is 2.36 bits per heavy atom. The van der Waals surface area contributed by atoms with Crippen LogP contribution >= 0.6 is 23.1 Å². The highest BCUT2D eigenvalue weighted by Crippen LogP contribution is 2.39. The first kappa shape index (κ1) is 16.3. The van der Waals surface area contributed by atoms with E-state index >= 15 is 0 Å². The molecule has 4 rings (SSSR count). The largest absolute Gasteiger partial charge is 0.328 e. The lowest BCUT2D eigenvalue weighted by molar-refractivity contribution is -0.114. The van der Waals surface area contributed by atoms with Gasteiger partial charge in [-0.1, -0.05) is 23.0 Å². The molecule has 1 N–H and O–H groups in total. The van der Waals surface area contributed by atoms with Gasteiger partial charge in [0, 0.05) is 17.3 Å². The number of hydrogen-bond acceptors (Lipinski definition) is 8. The molecule has 0 aromatic carbocycles. The molecule has 0 atom stereocenters. The molecule has 3 aromatic heterocycles. The molecule has 1 aliphatic carbocycles. The van der Waals surface area contributed by atoms with Gasteiger partial charge in [0.05, 0.1) is 5.75 Å². The third-order valence-corrected chi connectivity index (χ3v) is 5.49. The summed E-state index contributed by atoms with van der Waals surface area (Å²) in [6.45, 7) is 1.70. The molecule has 0 bridgehead atoms. The quantitative estimate of drug-likeness (QED) is 0.633. The van der Waals surface area contributed by atoms with Gasteiger partial charge in [0.1, 0.15) is 5.82 Å². The molecule has 0 aliphatic heterocycles. The molecule has 25 heavy (non-hydrogen) atoms. The SMILES string of the molecule is Cc1noc(NC(=O)CSc2nnc(Cc3cccs3)n2C2CC2)n1. The van der Waals surface area contributed by atoms with Gasteiger partial charge < -0.3 is 9.09 Å². The van der Waals surface area contributed by atoms with E-state index in [1.54, 1.807) is 18.3 Å². The summed E-state index contributed by atoms with van der Waals surface area (Å²) in [5, 5.41) is 17.7. The molecule has 0 unspecified atom stereocenters. The van der Waals surface area contributed by atoms with Gasteiger partial charge in [0.15, 0.2) is 11.0 Å². The van der Waals surface area contributed by atoms with Crippen LogP contribution in [0.5, 0.6) is 0 Å². The van der Waals surface area contributed by atoms with E-state index in [1.807, 2.05) is 6.07 Å². The van der Waals surface area contributed by atoms with E-state index in [-0.39, 0.29) is 17.7 Å². The molecule has 0 radical (unpaired) electrons. The number of hydrogen-bond donors (Lipinski definition) is 1. The van der Waals surface area contributed by atoms with Gasteiger partial charge >= 0.3 is 6.01 Å². The van der Waals surface area contributed by atoms with Gasteiger partial charge in [-0.3, -0.25) is 10.1 Å². The van der Waals surface area contributed by atoms with Crippen molar-refractivity contribution in [3.8, 4) is 0 Å². The number of rotatable bonds is 7. The molecule has 3 heterocycles. The van der Waals surface area contributed by atoms with E-state index in [1.165, 1.54) is 16.6 Å². The molecule has 10 heteroatoms. The lowest BCUT2D eigenvalue weighted by Crippen LogP contribution is -2.15. The van der Waals surface area contributed by atoms with Crippen molar-refractivity contribution in [3.05, 3.63) is 34.0 Å². The summed E-state index contributed by atoms with van der Waals surface area (Å²) in [4.78, 5) is 17.3. The minimum absolute atomic E-state index is 0.116. The van der Waals surface area contributed by atoms with Crippen molar-refractivity contribution in [1.29, 1.82) is 0 Å². The average molecular weight is 376 g/mol. The minimum atomic E-state index is -0.209. The average Bonchev–Trinajstić information content (AvgIpc) is 2.97. The Balaban J connectivity index is 1.41. The predicted molar refractivity (Wildman–Crippen MR) is 93.8 cm³/mol. The van der Waals surface area contributed by atoms with Gasteiger partial charge in [-0.25, -0.2) is 0 Å². The number of thiophene rings is 1. The number of thioether (sulfide) groups is 1. The lowest BCUT2D eigenvalue weighted by atomic mass is 10.3. The van der Waals surface area contributed by atoms with Gasteiger partial charge in [-0.15, -0.1) is 21.5 Å². The Hall–Kier alpha value is -2.20. The normalized spacial score (nSPS) is 14.0. The second-order valence-corrected chi connectivity index (χ2v) is 7.71. The van der Waals surface area contributed by atoms with Gasteiger partial charge in [0.2, 0.25) is 5.91 Å². The summed E-state index contributed by atoms with van der Waals surface area (Å²) in [6.07, 6.45) is 3.04. The highest BCUT2D eigenvalue weighted by Gasteiger charge is 2.30. The summed E-state index contributed by atoms with van der Waals surface area (Å²) in [5.74, 6) is 1.44. The Kier molecular flexibility index (Phi) is 4.53. The van der Waals surface area contributed by atoms with Crippen LogP contribution in [0.15, 0.2) is 27.2 Å². The summed E-state index contributed by atoms with van der Waals surface area (Å²) < 4.78 is 7.06. The van der Waals surface area contributed by atoms with E-state index in [2.05, 4.69) is 41.7 Å². The fourth-order valence-electron chi connectivity index (χ4n) is 2.43. The number of aromatic nitrogens is 5. The van der Waals surface area contributed by atoms with Crippen LogP contribution in [0.1, 0.15) is 35.4 Å². The van der Waals surface area contributed by atoms with E-state index in [9.17, 15) is 4.79 Å². The number of nitrogens with one attached hydrogen (secondary N) is 1. The van der Waals surface area contributed by atoms with Crippen LogP contribution in [0.2, 0.25) is 0 Å². The number of carbonyl (C=O) groups excluding carboxylic acids is 1. The number of amides is 1. The number of nitrogens with zero attached hydrogens (tertiary/aromatic N) is 5.